The van der Waals surface area contributed by atoms with E-state index in [1.807, 2.05) is 0 Å². The fourth-order valence-electron chi connectivity index (χ4n) is 1.90. The molecule has 0 bridgehead atoms. The minimum Gasteiger partial charge on any atom is -0.327 e. The predicted molar refractivity (Wildman–Crippen MR) is 88.8 cm³/mol. The molecule has 1 unspecified atom stereocenters. The van der Waals surface area contributed by atoms with E-state index in [-0.39, 0.29) is 0 Å². The van der Waals surface area contributed by atoms with Gasteiger partial charge in [-0.2, -0.15) is 0 Å². The molecule has 0 aliphatic carbocycles. The smallest absolute Gasteiger partial charge is 0.00592 e. The molecule has 0 radical (unpaired) electrons. The molecule has 108 valence electrons. The van der Waals surface area contributed by atoms with Gasteiger partial charge in [0.1, 0.15) is 0 Å². The first-order valence-corrected chi connectivity index (χ1v) is 7.47. The van der Waals surface area contributed by atoms with Crippen molar-refractivity contribution in [3.8, 4) is 0 Å². The zero-order valence-corrected chi connectivity index (χ0v) is 12.9. The number of benzene rings is 2. The Balaban J connectivity index is 0.000000246. The summed E-state index contributed by atoms with van der Waals surface area (Å²) < 4.78 is 0. The van der Waals surface area contributed by atoms with Gasteiger partial charge in [0.05, 0.1) is 0 Å². The third kappa shape index (κ3) is 6.53. The average molecular weight is 269 g/mol. The second-order valence-electron chi connectivity index (χ2n) is 5.46. The summed E-state index contributed by atoms with van der Waals surface area (Å²) in [6.45, 7) is 6.41. The Bertz CT molecular complexity index is 410. The van der Waals surface area contributed by atoms with Crippen molar-refractivity contribution in [3.05, 3.63) is 71.8 Å². The standard InChI is InChI=1S/C13H12.C6H15N/c1-3-7-12(8-4-1)11-13-9-5-2-6-10-13;1-4-6(7)5(2)3/h1-10H,11H2;5-6H,4,7H2,1-3H3. The molecule has 0 heterocycles. The van der Waals surface area contributed by atoms with Crippen LogP contribution in [0.2, 0.25) is 0 Å². The van der Waals surface area contributed by atoms with E-state index in [4.69, 9.17) is 5.73 Å². The molecule has 2 rings (SSSR count). The molecule has 0 saturated carbocycles. The third-order valence-corrected chi connectivity index (χ3v) is 3.42. The Morgan fingerprint density at radius 1 is 0.800 bits per heavy atom. The van der Waals surface area contributed by atoms with Crippen molar-refractivity contribution in [1.29, 1.82) is 0 Å². The predicted octanol–water partition coefficient (Wildman–Crippen LogP) is 4.66. The molecule has 20 heavy (non-hydrogen) atoms. The van der Waals surface area contributed by atoms with Gasteiger partial charge in [0.25, 0.3) is 0 Å². The molecule has 0 aromatic heterocycles. The largest absolute Gasteiger partial charge is 0.327 e. The van der Waals surface area contributed by atoms with E-state index in [0.29, 0.717) is 12.0 Å². The van der Waals surface area contributed by atoms with Gasteiger partial charge in [-0.15, -0.1) is 0 Å². The second-order valence-corrected chi connectivity index (χ2v) is 5.46. The fourth-order valence-corrected chi connectivity index (χ4v) is 1.90. The lowest BCUT2D eigenvalue weighted by Crippen LogP contribution is -2.24. The molecule has 0 fully saturated rings. The van der Waals surface area contributed by atoms with E-state index in [2.05, 4.69) is 81.4 Å². The molecular weight excluding hydrogens is 242 g/mol. The highest BCUT2D eigenvalue weighted by Crippen LogP contribution is 2.07. The van der Waals surface area contributed by atoms with Gasteiger partial charge in [0.15, 0.2) is 0 Å². The van der Waals surface area contributed by atoms with Gasteiger partial charge < -0.3 is 5.73 Å². The SMILES string of the molecule is CCC(N)C(C)C.c1ccc(Cc2ccccc2)cc1. The molecule has 2 aromatic carbocycles. The normalized spacial score (nSPS) is 11.7. The zero-order chi connectivity index (χ0) is 14.8. The molecule has 1 atom stereocenters. The van der Waals surface area contributed by atoms with Crippen LogP contribution in [0.5, 0.6) is 0 Å². The van der Waals surface area contributed by atoms with Gasteiger partial charge in [-0.05, 0) is 29.9 Å². The first kappa shape index (κ1) is 16.5. The molecule has 0 spiro atoms. The summed E-state index contributed by atoms with van der Waals surface area (Å²) in [5, 5.41) is 0. The molecule has 0 saturated heterocycles. The van der Waals surface area contributed by atoms with Crippen molar-refractivity contribution in [1.82, 2.24) is 0 Å². The maximum absolute atomic E-state index is 5.62. The van der Waals surface area contributed by atoms with E-state index in [1.54, 1.807) is 0 Å². The van der Waals surface area contributed by atoms with Crippen LogP contribution in [0.1, 0.15) is 38.3 Å². The van der Waals surface area contributed by atoms with E-state index in [9.17, 15) is 0 Å². The number of hydrogen-bond donors (Lipinski definition) is 1. The van der Waals surface area contributed by atoms with Gasteiger partial charge in [0.2, 0.25) is 0 Å². The minimum absolute atomic E-state index is 0.403. The van der Waals surface area contributed by atoms with Gasteiger partial charge in [-0.25, -0.2) is 0 Å². The third-order valence-electron chi connectivity index (χ3n) is 3.42. The quantitative estimate of drug-likeness (QED) is 0.858. The summed E-state index contributed by atoms with van der Waals surface area (Å²) in [5.41, 5.74) is 8.35. The fraction of sp³-hybridized carbons (Fsp3) is 0.368. The van der Waals surface area contributed by atoms with Crippen LogP contribution in [0.4, 0.5) is 0 Å². The lowest BCUT2D eigenvalue weighted by atomic mass is 10.0. The molecular formula is C19H27N. The van der Waals surface area contributed by atoms with E-state index in [0.717, 1.165) is 12.8 Å². The molecule has 0 amide bonds. The van der Waals surface area contributed by atoms with Gasteiger partial charge in [-0.1, -0.05) is 81.4 Å². The van der Waals surface area contributed by atoms with Crippen LogP contribution in [-0.2, 0) is 6.42 Å². The summed E-state index contributed by atoms with van der Waals surface area (Å²) in [4.78, 5) is 0. The summed E-state index contributed by atoms with van der Waals surface area (Å²) in [7, 11) is 0. The van der Waals surface area contributed by atoms with Crippen LogP contribution in [0.15, 0.2) is 60.7 Å². The van der Waals surface area contributed by atoms with Crippen LogP contribution in [-0.4, -0.2) is 6.04 Å². The van der Waals surface area contributed by atoms with Crippen LogP contribution in [0.3, 0.4) is 0 Å². The second kappa shape index (κ2) is 9.33. The Hall–Kier alpha value is -1.60. The Kier molecular flexibility index (Phi) is 7.67. The van der Waals surface area contributed by atoms with Gasteiger partial charge >= 0.3 is 0 Å². The van der Waals surface area contributed by atoms with E-state index >= 15 is 0 Å². The topological polar surface area (TPSA) is 26.0 Å². The highest BCUT2D eigenvalue weighted by atomic mass is 14.6. The van der Waals surface area contributed by atoms with Crippen molar-refractivity contribution in [2.24, 2.45) is 11.7 Å². The maximum atomic E-state index is 5.62. The van der Waals surface area contributed by atoms with Crippen molar-refractivity contribution in [3.63, 3.8) is 0 Å². The first-order chi connectivity index (χ1) is 9.63. The monoisotopic (exact) mass is 269 g/mol. The van der Waals surface area contributed by atoms with E-state index < -0.39 is 0 Å². The average Bonchev–Trinajstić information content (AvgIpc) is 2.49. The Morgan fingerprint density at radius 3 is 1.45 bits per heavy atom. The summed E-state index contributed by atoms with van der Waals surface area (Å²) in [5.74, 6) is 0.644. The number of hydrogen-bond acceptors (Lipinski definition) is 1. The van der Waals surface area contributed by atoms with Crippen LogP contribution in [0.25, 0.3) is 0 Å². The maximum Gasteiger partial charge on any atom is 0.00592 e. The van der Waals surface area contributed by atoms with Crippen LogP contribution in [0, 0.1) is 5.92 Å². The van der Waals surface area contributed by atoms with Crippen LogP contribution < -0.4 is 5.73 Å². The summed E-state index contributed by atoms with van der Waals surface area (Å²) in [6, 6.07) is 21.5. The van der Waals surface area contributed by atoms with Crippen molar-refractivity contribution >= 4 is 0 Å². The molecule has 0 aliphatic rings. The zero-order valence-electron chi connectivity index (χ0n) is 12.9. The number of nitrogens with two attached hydrogens (primary N) is 1. The molecule has 2 aromatic rings. The van der Waals surface area contributed by atoms with Crippen molar-refractivity contribution in [2.75, 3.05) is 0 Å². The summed E-state index contributed by atoms with van der Waals surface area (Å²) in [6.07, 6.45) is 2.12. The highest BCUT2D eigenvalue weighted by molar-refractivity contribution is 5.25. The molecule has 0 aliphatic heterocycles. The van der Waals surface area contributed by atoms with Gasteiger partial charge in [0, 0.05) is 6.04 Å². The first-order valence-electron chi connectivity index (χ1n) is 7.47. The Labute approximate surface area is 123 Å². The van der Waals surface area contributed by atoms with E-state index in [1.165, 1.54) is 11.1 Å². The number of rotatable bonds is 4. The molecule has 1 nitrogen and oxygen atoms in total. The van der Waals surface area contributed by atoms with Crippen molar-refractivity contribution < 1.29 is 0 Å². The molecule has 1 heteroatoms. The minimum atomic E-state index is 0.403. The Morgan fingerprint density at radius 2 is 1.20 bits per heavy atom. The van der Waals surface area contributed by atoms with Gasteiger partial charge in [-0.3, -0.25) is 0 Å². The lowest BCUT2D eigenvalue weighted by molar-refractivity contribution is 0.481. The van der Waals surface area contributed by atoms with Crippen LogP contribution >= 0.6 is 0 Å². The highest BCUT2D eigenvalue weighted by Gasteiger charge is 2.01. The lowest BCUT2D eigenvalue weighted by Gasteiger charge is -2.10. The van der Waals surface area contributed by atoms with Crippen molar-refractivity contribution in [2.45, 2.75) is 39.7 Å². The molecule has 2 N–H and O–H groups in total. The summed E-state index contributed by atoms with van der Waals surface area (Å²) >= 11 is 0.